The van der Waals surface area contributed by atoms with Gasteiger partial charge in [0.25, 0.3) is 0 Å². The Morgan fingerprint density at radius 3 is 2.58 bits per heavy atom. The van der Waals surface area contributed by atoms with E-state index in [1.165, 1.54) is 36.0 Å². The molecule has 1 fully saturated rings. The predicted octanol–water partition coefficient (Wildman–Crippen LogP) is 3.25. The standard InChI is InChI=1S/C17H27NO/c1-13-4-5-16(10-14(13)2)12-17(18-3)11-15-6-8-19-9-7-15/h4-5,10,15,17-18H,6-9,11-12H2,1-3H3. The molecule has 1 N–H and O–H groups in total. The van der Waals surface area contributed by atoms with Gasteiger partial charge in [-0.05, 0) is 69.2 Å². The highest BCUT2D eigenvalue weighted by atomic mass is 16.5. The molecule has 106 valence electrons. The lowest BCUT2D eigenvalue weighted by Crippen LogP contribution is -2.32. The summed E-state index contributed by atoms with van der Waals surface area (Å²) in [6, 6.07) is 7.44. The van der Waals surface area contributed by atoms with Crippen LogP contribution in [0.4, 0.5) is 0 Å². The minimum atomic E-state index is 0.588. The van der Waals surface area contributed by atoms with Crippen LogP contribution in [0.1, 0.15) is 36.0 Å². The van der Waals surface area contributed by atoms with Gasteiger partial charge in [0.15, 0.2) is 0 Å². The Bertz CT molecular complexity index is 396. The molecule has 19 heavy (non-hydrogen) atoms. The number of hydrogen-bond acceptors (Lipinski definition) is 2. The van der Waals surface area contributed by atoms with Crippen molar-refractivity contribution in [2.45, 2.75) is 45.6 Å². The smallest absolute Gasteiger partial charge is 0.0468 e. The molecule has 0 saturated carbocycles. The van der Waals surface area contributed by atoms with Gasteiger partial charge in [-0.2, -0.15) is 0 Å². The van der Waals surface area contributed by atoms with Crippen LogP contribution < -0.4 is 5.32 Å². The molecule has 1 aliphatic rings. The van der Waals surface area contributed by atoms with Gasteiger partial charge < -0.3 is 10.1 Å². The number of rotatable bonds is 5. The molecule has 2 rings (SSSR count). The topological polar surface area (TPSA) is 21.3 Å². The summed E-state index contributed by atoms with van der Waals surface area (Å²) in [5, 5.41) is 3.49. The van der Waals surface area contributed by atoms with Crippen molar-refractivity contribution >= 4 is 0 Å². The van der Waals surface area contributed by atoms with Gasteiger partial charge in [0.2, 0.25) is 0 Å². The van der Waals surface area contributed by atoms with E-state index >= 15 is 0 Å². The van der Waals surface area contributed by atoms with Crippen molar-refractivity contribution in [2.75, 3.05) is 20.3 Å². The highest BCUT2D eigenvalue weighted by Gasteiger charge is 2.18. The highest BCUT2D eigenvalue weighted by Crippen LogP contribution is 2.22. The summed E-state index contributed by atoms with van der Waals surface area (Å²) in [5.41, 5.74) is 4.24. The third kappa shape index (κ3) is 4.32. The zero-order chi connectivity index (χ0) is 13.7. The maximum atomic E-state index is 5.44. The van der Waals surface area contributed by atoms with E-state index in [0.717, 1.165) is 25.6 Å². The molecule has 2 nitrogen and oxygen atoms in total. The first kappa shape index (κ1) is 14.5. The molecule has 1 atom stereocenters. The average Bonchev–Trinajstić information content (AvgIpc) is 2.43. The second kappa shape index (κ2) is 7.06. The third-order valence-electron chi connectivity index (χ3n) is 4.42. The summed E-state index contributed by atoms with van der Waals surface area (Å²) in [7, 11) is 2.09. The first-order valence-electron chi connectivity index (χ1n) is 7.50. The van der Waals surface area contributed by atoms with Crippen LogP contribution in [-0.4, -0.2) is 26.3 Å². The number of likely N-dealkylation sites (N-methyl/N-ethyl adjacent to an activating group) is 1. The van der Waals surface area contributed by atoms with Gasteiger partial charge in [-0.1, -0.05) is 18.2 Å². The largest absolute Gasteiger partial charge is 0.381 e. The maximum absolute atomic E-state index is 5.44. The summed E-state index contributed by atoms with van der Waals surface area (Å²) in [6.07, 6.45) is 4.86. The average molecular weight is 261 g/mol. The third-order valence-corrected chi connectivity index (χ3v) is 4.42. The first-order valence-corrected chi connectivity index (χ1v) is 7.50. The molecule has 1 heterocycles. The monoisotopic (exact) mass is 261 g/mol. The minimum Gasteiger partial charge on any atom is -0.381 e. The molecule has 1 aromatic carbocycles. The molecule has 1 aromatic rings. The molecule has 1 unspecified atom stereocenters. The molecule has 0 spiro atoms. The zero-order valence-electron chi connectivity index (χ0n) is 12.5. The second-order valence-corrected chi connectivity index (χ2v) is 5.90. The van der Waals surface area contributed by atoms with Crippen molar-refractivity contribution in [2.24, 2.45) is 5.92 Å². The van der Waals surface area contributed by atoms with E-state index in [1.54, 1.807) is 0 Å². The molecule has 0 aliphatic carbocycles. The van der Waals surface area contributed by atoms with E-state index in [9.17, 15) is 0 Å². The fraction of sp³-hybridized carbons (Fsp3) is 0.647. The van der Waals surface area contributed by atoms with Crippen LogP contribution >= 0.6 is 0 Å². The van der Waals surface area contributed by atoms with Crippen LogP contribution in [0.5, 0.6) is 0 Å². The number of hydrogen-bond donors (Lipinski definition) is 1. The molecule has 2 heteroatoms. The molecular formula is C17H27NO. The first-order chi connectivity index (χ1) is 9.19. The lowest BCUT2D eigenvalue weighted by Gasteiger charge is -2.26. The highest BCUT2D eigenvalue weighted by molar-refractivity contribution is 5.30. The van der Waals surface area contributed by atoms with Crippen LogP contribution in [0.15, 0.2) is 18.2 Å². The quantitative estimate of drug-likeness (QED) is 0.878. The van der Waals surface area contributed by atoms with E-state index in [-0.39, 0.29) is 0 Å². The van der Waals surface area contributed by atoms with Gasteiger partial charge in [-0.25, -0.2) is 0 Å². The van der Waals surface area contributed by atoms with Gasteiger partial charge in [-0.15, -0.1) is 0 Å². The summed E-state index contributed by atoms with van der Waals surface area (Å²) >= 11 is 0. The SMILES string of the molecule is CNC(Cc1ccc(C)c(C)c1)CC1CCOCC1. The summed E-state index contributed by atoms with van der Waals surface area (Å²) in [4.78, 5) is 0. The maximum Gasteiger partial charge on any atom is 0.0468 e. The Morgan fingerprint density at radius 2 is 1.95 bits per heavy atom. The number of ether oxygens (including phenoxy) is 1. The molecule has 0 aromatic heterocycles. The number of aryl methyl sites for hydroxylation is 2. The van der Waals surface area contributed by atoms with Crippen LogP contribution in [-0.2, 0) is 11.2 Å². The lowest BCUT2D eigenvalue weighted by molar-refractivity contribution is 0.0608. The van der Waals surface area contributed by atoms with Crippen molar-refractivity contribution in [1.29, 1.82) is 0 Å². The summed E-state index contributed by atoms with van der Waals surface area (Å²) in [6.45, 7) is 6.28. The fourth-order valence-corrected chi connectivity index (χ4v) is 2.90. The Kier molecular flexibility index (Phi) is 5.41. The van der Waals surface area contributed by atoms with Crippen LogP contribution in [0.25, 0.3) is 0 Å². The minimum absolute atomic E-state index is 0.588. The van der Waals surface area contributed by atoms with E-state index in [2.05, 4.69) is 44.4 Å². The predicted molar refractivity (Wildman–Crippen MR) is 80.6 cm³/mol. The van der Waals surface area contributed by atoms with Gasteiger partial charge in [0.1, 0.15) is 0 Å². The van der Waals surface area contributed by atoms with Crippen LogP contribution in [0.2, 0.25) is 0 Å². The van der Waals surface area contributed by atoms with E-state index in [4.69, 9.17) is 4.74 Å². The lowest BCUT2D eigenvalue weighted by atomic mass is 9.89. The van der Waals surface area contributed by atoms with E-state index in [1.807, 2.05) is 0 Å². The molecule has 1 aliphatic heterocycles. The van der Waals surface area contributed by atoms with Gasteiger partial charge in [-0.3, -0.25) is 0 Å². The Morgan fingerprint density at radius 1 is 1.21 bits per heavy atom. The van der Waals surface area contributed by atoms with Crippen molar-refractivity contribution in [1.82, 2.24) is 5.32 Å². The van der Waals surface area contributed by atoms with Crippen molar-refractivity contribution < 1.29 is 4.74 Å². The van der Waals surface area contributed by atoms with Crippen LogP contribution in [0, 0.1) is 19.8 Å². The van der Waals surface area contributed by atoms with Gasteiger partial charge in [0, 0.05) is 19.3 Å². The normalized spacial score (nSPS) is 18.5. The Balaban J connectivity index is 1.92. The molecule has 0 amide bonds. The molecular weight excluding hydrogens is 234 g/mol. The summed E-state index contributed by atoms with van der Waals surface area (Å²) in [5.74, 6) is 0.831. The Labute approximate surface area is 117 Å². The van der Waals surface area contributed by atoms with Gasteiger partial charge >= 0.3 is 0 Å². The summed E-state index contributed by atoms with van der Waals surface area (Å²) < 4.78 is 5.44. The second-order valence-electron chi connectivity index (χ2n) is 5.90. The van der Waals surface area contributed by atoms with Crippen LogP contribution in [0.3, 0.4) is 0 Å². The zero-order valence-corrected chi connectivity index (χ0v) is 12.5. The molecule has 1 saturated heterocycles. The van der Waals surface area contributed by atoms with Gasteiger partial charge in [0.05, 0.1) is 0 Å². The fourth-order valence-electron chi connectivity index (χ4n) is 2.90. The molecule has 0 bridgehead atoms. The number of benzene rings is 1. The van der Waals surface area contributed by atoms with Crippen molar-refractivity contribution in [3.8, 4) is 0 Å². The van der Waals surface area contributed by atoms with Crippen molar-refractivity contribution in [3.05, 3.63) is 34.9 Å². The van der Waals surface area contributed by atoms with Crippen molar-refractivity contribution in [3.63, 3.8) is 0 Å². The molecule has 0 radical (unpaired) electrons. The van der Waals surface area contributed by atoms with E-state index in [0.29, 0.717) is 6.04 Å². The Hall–Kier alpha value is -0.860. The van der Waals surface area contributed by atoms with E-state index < -0.39 is 0 Å². The number of nitrogens with one attached hydrogen (secondary N) is 1.